The van der Waals surface area contributed by atoms with Crippen LogP contribution in [0.25, 0.3) is 0 Å². The van der Waals surface area contributed by atoms with Crippen LogP contribution in [0.15, 0.2) is 18.2 Å². The van der Waals surface area contributed by atoms with Crippen LogP contribution in [0.3, 0.4) is 0 Å². The van der Waals surface area contributed by atoms with Gasteiger partial charge >= 0.3 is 0 Å². The van der Waals surface area contributed by atoms with Crippen LogP contribution in [-0.2, 0) is 16.1 Å². The molecule has 1 rings (SSSR count). The minimum Gasteiger partial charge on any atom is -0.495 e. The average Bonchev–Trinajstić information content (AvgIpc) is 2.36. The Labute approximate surface area is 102 Å². The van der Waals surface area contributed by atoms with Crippen LogP contribution in [0, 0.1) is 11.3 Å². The van der Waals surface area contributed by atoms with Gasteiger partial charge in [0.15, 0.2) is 0 Å². The van der Waals surface area contributed by atoms with Gasteiger partial charge in [-0.25, -0.2) is 0 Å². The normalized spacial score (nSPS) is 11.9. The van der Waals surface area contributed by atoms with Crippen LogP contribution in [0.1, 0.15) is 18.1 Å². The van der Waals surface area contributed by atoms with Gasteiger partial charge in [0.25, 0.3) is 0 Å². The fraction of sp³-hybridized carbons (Fsp3) is 0.462. The van der Waals surface area contributed by atoms with Crippen molar-refractivity contribution in [1.82, 2.24) is 0 Å². The number of methoxy groups -OCH3 is 2. The summed E-state index contributed by atoms with van der Waals surface area (Å²) >= 11 is 0. The Balaban J connectivity index is 2.64. The molecule has 17 heavy (non-hydrogen) atoms. The standard InChI is InChI=1S/C13H17NO3/c1-10(8-15-2)17-9-11-4-5-13(16-3)12(6-11)7-14/h4-6,10H,8-9H2,1-3H3. The molecule has 0 aliphatic carbocycles. The van der Waals surface area contributed by atoms with E-state index in [1.165, 1.54) is 0 Å². The first-order chi connectivity index (χ1) is 8.21. The molecule has 4 heteroatoms. The van der Waals surface area contributed by atoms with E-state index in [9.17, 15) is 0 Å². The minimum absolute atomic E-state index is 0.0348. The lowest BCUT2D eigenvalue weighted by atomic mass is 10.1. The molecule has 0 heterocycles. The SMILES string of the molecule is COCC(C)OCc1ccc(OC)c(C#N)c1. The summed E-state index contributed by atoms with van der Waals surface area (Å²) in [5, 5.41) is 8.94. The van der Waals surface area contributed by atoms with Crippen molar-refractivity contribution in [3.8, 4) is 11.8 Å². The molecule has 0 aliphatic heterocycles. The fourth-order valence-corrected chi connectivity index (χ4v) is 1.45. The summed E-state index contributed by atoms with van der Waals surface area (Å²) in [6, 6.07) is 7.53. The van der Waals surface area contributed by atoms with Gasteiger partial charge in [0, 0.05) is 7.11 Å². The van der Waals surface area contributed by atoms with E-state index in [0.29, 0.717) is 24.5 Å². The maximum atomic E-state index is 8.94. The highest BCUT2D eigenvalue weighted by molar-refractivity contribution is 5.45. The highest BCUT2D eigenvalue weighted by atomic mass is 16.5. The van der Waals surface area contributed by atoms with E-state index in [1.807, 2.05) is 13.0 Å². The molecular weight excluding hydrogens is 218 g/mol. The van der Waals surface area contributed by atoms with Gasteiger partial charge in [0.1, 0.15) is 11.8 Å². The topological polar surface area (TPSA) is 51.5 Å². The van der Waals surface area contributed by atoms with E-state index in [1.54, 1.807) is 26.4 Å². The maximum Gasteiger partial charge on any atom is 0.136 e. The number of ether oxygens (including phenoxy) is 3. The summed E-state index contributed by atoms with van der Waals surface area (Å²) in [5.74, 6) is 0.584. The Morgan fingerprint density at radius 3 is 2.71 bits per heavy atom. The van der Waals surface area contributed by atoms with E-state index in [0.717, 1.165) is 5.56 Å². The molecule has 1 atom stereocenters. The van der Waals surface area contributed by atoms with Gasteiger partial charge in [-0.1, -0.05) is 6.07 Å². The number of hydrogen-bond acceptors (Lipinski definition) is 4. The molecule has 0 spiro atoms. The van der Waals surface area contributed by atoms with Crippen molar-refractivity contribution in [3.05, 3.63) is 29.3 Å². The second-order valence-electron chi connectivity index (χ2n) is 3.72. The Hall–Kier alpha value is -1.57. The minimum atomic E-state index is 0.0348. The Morgan fingerprint density at radius 2 is 2.12 bits per heavy atom. The summed E-state index contributed by atoms with van der Waals surface area (Å²) in [7, 11) is 3.19. The Morgan fingerprint density at radius 1 is 1.35 bits per heavy atom. The van der Waals surface area contributed by atoms with Gasteiger partial charge in [-0.2, -0.15) is 5.26 Å². The maximum absolute atomic E-state index is 8.94. The monoisotopic (exact) mass is 235 g/mol. The Bertz CT molecular complexity index is 398. The zero-order chi connectivity index (χ0) is 12.7. The summed E-state index contributed by atoms with van der Waals surface area (Å²) in [4.78, 5) is 0. The first-order valence-corrected chi connectivity index (χ1v) is 5.38. The zero-order valence-corrected chi connectivity index (χ0v) is 10.4. The van der Waals surface area contributed by atoms with Crippen LogP contribution in [0.4, 0.5) is 0 Å². The largest absolute Gasteiger partial charge is 0.495 e. The van der Waals surface area contributed by atoms with E-state index in [4.69, 9.17) is 19.5 Å². The lowest BCUT2D eigenvalue weighted by Crippen LogP contribution is -2.14. The second kappa shape index (κ2) is 6.89. The third kappa shape index (κ3) is 4.06. The summed E-state index contributed by atoms with van der Waals surface area (Å²) < 4.78 is 15.6. The third-order valence-corrected chi connectivity index (χ3v) is 2.32. The number of benzene rings is 1. The van der Waals surface area contributed by atoms with Gasteiger partial charge in [-0.3, -0.25) is 0 Å². The zero-order valence-electron chi connectivity index (χ0n) is 10.4. The molecular formula is C13H17NO3. The molecule has 1 unspecified atom stereocenters. The predicted octanol–water partition coefficient (Wildman–Crippen LogP) is 2.12. The molecule has 1 aromatic carbocycles. The molecule has 0 saturated heterocycles. The first kappa shape index (κ1) is 13.5. The molecule has 4 nitrogen and oxygen atoms in total. The predicted molar refractivity (Wildman–Crippen MR) is 63.8 cm³/mol. The summed E-state index contributed by atoms with van der Waals surface area (Å²) in [6.45, 7) is 2.96. The average molecular weight is 235 g/mol. The van der Waals surface area contributed by atoms with E-state index >= 15 is 0 Å². The number of nitrogens with zero attached hydrogens (tertiary/aromatic N) is 1. The van der Waals surface area contributed by atoms with E-state index < -0.39 is 0 Å². The smallest absolute Gasteiger partial charge is 0.136 e. The lowest BCUT2D eigenvalue weighted by Gasteiger charge is -2.12. The first-order valence-electron chi connectivity index (χ1n) is 5.38. The van der Waals surface area contributed by atoms with Crippen LogP contribution < -0.4 is 4.74 Å². The molecule has 0 amide bonds. The quantitative estimate of drug-likeness (QED) is 0.757. The van der Waals surface area contributed by atoms with E-state index in [2.05, 4.69) is 6.07 Å². The highest BCUT2D eigenvalue weighted by Crippen LogP contribution is 2.19. The molecule has 0 radical (unpaired) electrons. The van der Waals surface area contributed by atoms with E-state index in [-0.39, 0.29) is 6.10 Å². The molecule has 0 bridgehead atoms. The van der Waals surface area contributed by atoms with Crippen molar-refractivity contribution >= 4 is 0 Å². The van der Waals surface area contributed by atoms with Gasteiger partial charge in [-0.05, 0) is 24.6 Å². The molecule has 0 saturated carbocycles. The fourth-order valence-electron chi connectivity index (χ4n) is 1.45. The highest BCUT2D eigenvalue weighted by Gasteiger charge is 2.06. The van der Waals surface area contributed by atoms with Crippen molar-refractivity contribution < 1.29 is 14.2 Å². The van der Waals surface area contributed by atoms with Crippen molar-refractivity contribution in [2.24, 2.45) is 0 Å². The van der Waals surface area contributed by atoms with Crippen molar-refractivity contribution in [3.63, 3.8) is 0 Å². The molecule has 0 aromatic heterocycles. The van der Waals surface area contributed by atoms with Gasteiger partial charge in [0.2, 0.25) is 0 Å². The summed E-state index contributed by atoms with van der Waals surface area (Å²) in [5.41, 5.74) is 1.47. The second-order valence-corrected chi connectivity index (χ2v) is 3.72. The number of rotatable bonds is 6. The van der Waals surface area contributed by atoms with Crippen molar-refractivity contribution in [1.29, 1.82) is 5.26 Å². The molecule has 1 aromatic rings. The number of hydrogen-bond donors (Lipinski definition) is 0. The molecule has 92 valence electrons. The molecule has 0 N–H and O–H groups in total. The Kier molecular flexibility index (Phi) is 5.47. The van der Waals surface area contributed by atoms with Crippen LogP contribution >= 0.6 is 0 Å². The van der Waals surface area contributed by atoms with Gasteiger partial charge < -0.3 is 14.2 Å². The number of nitriles is 1. The molecule has 0 aliphatic rings. The van der Waals surface area contributed by atoms with Crippen LogP contribution in [0.2, 0.25) is 0 Å². The van der Waals surface area contributed by atoms with Crippen molar-refractivity contribution in [2.75, 3.05) is 20.8 Å². The molecule has 0 fully saturated rings. The van der Waals surface area contributed by atoms with Crippen molar-refractivity contribution in [2.45, 2.75) is 19.6 Å². The van der Waals surface area contributed by atoms with Crippen LogP contribution in [0.5, 0.6) is 5.75 Å². The lowest BCUT2D eigenvalue weighted by molar-refractivity contribution is -0.000141. The van der Waals surface area contributed by atoms with Gasteiger partial charge in [-0.15, -0.1) is 0 Å². The third-order valence-electron chi connectivity index (χ3n) is 2.32. The van der Waals surface area contributed by atoms with Crippen LogP contribution in [-0.4, -0.2) is 26.9 Å². The summed E-state index contributed by atoms with van der Waals surface area (Å²) in [6.07, 6.45) is 0.0348. The van der Waals surface area contributed by atoms with Gasteiger partial charge in [0.05, 0.1) is 32.0 Å².